The number of hydrogen-bond donors (Lipinski definition) is 0. The lowest BCUT2D eigenvalue weighted by atomic mass is 10.2. The third-order valence-electron chi connectivity index (χ3n) is 1.90. The van der Waals surface area contributed by atoms with E-state index >= 15 is 0 Å². The first-order chi connectivity index (χ1) is 7.78. The number of Topliss-reactive ketones (excluding diaryl/α,β-unsaturated/α-hetero) is 1. The maximum Gasteiger partial charge on any atom is 0.401 e. The van der Waals surface area contributed by atoms with Crippen molar-refractivity contribution in [2.75, 3.05) is 26.2 Å². The third kappa shape index (κ3) is 8.67. The van der Waals surface area contributed by atoms with Gasteiger partial charge in [-0.1, -0.05) is 6.92 Å². The van der Waals surface area contributed by atoms with E-state index < -0.39 is 37.4 Å². The van der Waals surface area contributed by atoms with E-state index in [1.807, 2.05) is 0 Å². The van der Waals surface area contributed by atoms with Gasteiger partial charge in [0.15, 0.2) is 5.78 Å². The number of hydrogen-bond acceptors (Lipinski definition) is 4. The molecule has 0 unspecified atom stereocenters. The molecule has 0 aliphatic heterocycles. The largest absolute Gasteiger partial charge is 0.466 e. The Morgan fingerprint density at radius 2 is 1.82 bits per heavy atom. The number of nitrogens with zero attached hydrogens (tertiary/aromatic N) is 1. The summed E-state index contributed by atoms with van der Waals surface area (Å²) in [5.41, 5.74) is 0. The molecule has 0 aliphatic carbocycles. The molecule has 0 rings (SSSR count). The average molecular weight is 255 g/mol. The average Bonchev–Trinajstić information content (AvgIpc) is 2.14. The zero-order chi connectivity index (χ0) is 13.5. The smallest absolute Gasteiger partial charge is 0.401 e. The number of ether oxygens (including phenoxy) is 1. The van der Waals surface area contributed by atoms with Gasteiger partial charge in [0.05, 0.1) is 19.7 Å². The normalized spacial score (nSPS) is 11.6. The van der Waals surface area contributed by atoms with Gasteiger partial charge in [-0.25, -0.2) is 0 Å². The molecule has 0 aromatic heterocycles. The van der Waals surface area contributed by atoms with E-state index in [9.17, 15) is 22.8 Å². The van der Waals surface area contributed by atoms with Gasteiger partial charge in [0.25, 0.3) is 0 Å². The Balaban J connectivity index is 4.11. The van der Waals surface area contributed by atoms with Gasteiger partial charge in [-0.2, -0.15) is 13.2 Å². The highest BCUT2D eigenvalue weighted by Gasteiger charge is 2.30. The van der Waals surface area contributed by atoms with Crippen LogP contribution in [0.25, 0.3) is 0 Å². The first-order valence-corrected chi connectivity index (χ1v) is 5.25. The minimum Gasteiger partial charge on any atom is -0.466 e. The number of carbonyl (C=O) groups excluding carboxylic acids is 2. The zero-order valence-electron chi connectivity index (χ0n) is 9.84. The topological polar surface area (TPSA) is 46.6 Å². The van der Waals surface area contributed by atoms with Crippen LogP contribution in [0.15, 0.2) is 0 Å². The molecule has 100 valence electrons. The van der Waals surface area contributed by atoms with E-state index in [0.717, 1.165) is 4.90 Å². The molecule has 0 aliphatic rings. The number of rotatable bonds is 7. The van der Waals surface area contributed by atoms with E-state index in [4.69, 9.17) is 0 Å². The molecule has 0 fully saturated rings. The summed E-state index contributed by atoms with van der Waals surface area (Å²) in [5, 5.41) is 0. The second-order valence-corrected chi connectivity index (χ2v) is 3.44. The molecule has 7 heteroatoms. The molecule has 0 amide bonds. The van der Waals surface area contributed by atoms with E-state index in [0.29, 0.717) is 0 Å². The fraction of sp³-hybridized carbons (Fsp3) is 0.800. The Kier molecular flexibility index (Phi) is 6.79. The summed E-state index contributed by atoms with van der Waals surface area (Å²) < 4.78 is 40.8. The van der Waals surface area contributed by atoms with Crippen LogP contribution in [0.2, 0.25) is 0 Å². The Labute approximate surface area is 97.7 Å². The highest BCUT2D eigenvalue weighted by atomic mass is 19.4. The van der Waals surface area contributed by atoms with Gasteiger partial charge in [-0.05, 0) is 13.5 Å². The molecular weight excluding hydrogens is 239 g/mol. The maximum absolute atomic E-state index is 12.1. The van der Waals surface area contributed by atoms with Gasteiger partial charge in [0, 0.05) is 0 Å². The molecule has 0 saturated heterocycles. The number of halogens is 3. The first kappa shape index (κ1) is 15.9. The van der Waals surface area contributed by atoms with Crippen molar-refractivity contribution in [2.45, 2.75) is 26.4 Å². The summed E-state index contributed by atoms with van der Waals surface area (Å²) in [6, 6.07) is 0. The van der Waals surface area contributed by atoms with Crippen LogP contribution in [0.5, 0.6) is 0 Å². The lowest BCUT2D eigenvalue weighted by Crippen LogP contribution is -2.38. The fourth-order valence-electron chi connectivity index (χ4n) is 1.21. The second-order valence-electron chi connectivity index (χ2n) is 3.44. The summed E-state index contributed by atoms with van der Waals surface area (Å²) in [7, 11) is 0. The molecule has 0 radical (unpaired) electrons. The molecule has 0 spiro atoms. The van der Waals surface area contributed by atoms with Gasteiger partial charge in [0.1, 0.15) is 6.42 Å². The highest BCUT2D eigenvalue weighted by Crippen LogP contribution is 2.16. The minimum atomic E-state index is -4.35. The number of carbonyl (C=O) groups is 2. The van der Waals surface area contributed by atoms with Crippen molar-refractivity contribution in [3.63, 3.8) is 0 Å². The minimum absolute atomic E-state index is 0.0913. The predicted octanol–water partition coefficient (Wildman–Crippen LogP) is 1.39. The van der Waals surface area contributed by atoms with E-state index in [1.165, 1.54) is 6.92 Å². The summed E-state index contributed by atoms with van der Waals surface area (Å²) in [5.74, 6) is -1.28. The lowest BCUT2D eigenvalue weighted by Gasteiger charge is -2.20. The number of ketones is 1. The molecule has 0 saturated carbocycles. The number of likely N-dealkylation sites (N-methyl/N-ethyl adjacent to an activating group) is 1. The molecule has 0 N–H and O–H groups in total. The van der Waals surface area contributed by atoms with Crippen molar-refractivity contribution >= 4 is 11.8 Å². The third-order valence-corrected chi connectivity index (χ3v) is 1.90. The maximum atomic E-state index is 12.1. The van der Waals surface area contributed by atoms with Gasteiger partial charge in [-0.3, -0.25) is 14.5 Å². The SMILES string of the molecule is CCOC(=O)CC(=O)CN(CC)CC(F)(F)F. The van der Waals surface area contributed by atoms with Crippen molar-refractivity contribution in [3.8, 4) is 0 Å². The molecule has 17 heavy (non-hydrogen) atoms. The molecular formula is C10H16F3NO3. The van der Waals surface area contributed by atoms with Crippen molar-refractivity contribution in [1.82, 2.24) is 4.90 Å². The van der Waals surface area contributed by atoms with Gasteiger partial charge < -0.3 is 4.74 Å². The van der Waals surface area contributed by atoms with Crippen LogP contribution < -0.4 is 0 Å². The highest BCUT2D eigenvalue weighted by molar-refractivity contribution is 5.96. The van der Waals surface area contributed by atoms with Gasteiger partial charge >= 0.3 is 12.1 Å². The van der Waals surface area contributed by atoms with Crippen LogP contribution in [0.3, 0.4) is 0 Å². The van der Waals surface area contributed by atoms with Gasteiger partial charge in [-0.15, -0.1) is 0 Å². The first-order valence-electron chi connectivity index (χ1n) is 5.25. The van der Waals surface area contributed by atoms with Crippen LogP contribution >= 0.6 is 0 Å². The number of esters is 1. The second kappa shape index (κ2) is 7.26. The Morgan fingerprint density at radius 3 is 2.24 bits per heavy atom. The van der Waals surface area contributed by atoms with Crippen molar-refractivity contribution in [2.24, 2.45) is 0 Å². The lowest BCUT2D eigenvalue weighted by molar-refractivity contribution is -0.150. The van der Waals surface area contributed by atoms with Crippen molar-refractivity contribution in [1.29, 1.82) is 0 Å². The van der Waals surface area contributed by atoms with E-state index in [2.05, 4.69) is 4.74 Å². The summed E-state index contributed by atoms with van der Waals surface area (Å²) in [6.45, 7) is 1.79. The molecule has 0 bridgehead atoms. The Bertz CT molecular complexity index is 266. The summed E-state index contributed by atoms with van der Waals surface area (Å²) in [6.07, 6.45) is -4.83. The standard InChI is InChI=1S/C10H16F3NO3/c1-3-14(7-10(11,12)13)6-8(15)5-9(16)17-4-2/h3-7H2,1-2H3. The Hall–Kier alpha value is -1.11. The molecule has 0 atom stereocenters. The van der Waals surface area contributed by atoms with Gasteiger partial charge in [0.2, 0.25) is 0 Å². The monoisotopic (exact) mass is 255 g/mol. The summed E-state index contributed by atoms with van der Waals surface area (Å²) in [4.78, 5) is 23.1. The van der Waals surface area contributed by atoms with E-state index in [1.54, 1.807) is 6.92 Å². The van der Waals surface area contributed by atoms with Crippen LogP contribution in [-0.2, 0) is 14.3 Å². The Morgan fingerprint density at radius 1 is 1.24 bits per heavy atom. The molecule has 0 aromatic rings. The van der Waals surface area contributed by atoms with E-state index in [-0.39, 0.29) is 13.2 Å². The van der Waals surface area contributed by atoms with Crippen LogP contribution in [0, 0.1) is 0 Å². The molecule has 4 nitrogen and oxygen atoms in total. The quantitative estimate of drug-likeness (QED) is 0.509. The van der Waals surface area contributed by atoms with Crippen LogP contribution in [0.4, 0.5) is 13.2 Å². The van der Waals surface area contributed by atoms with Crippen molar-refractivity contribution < 1.29 is 27.5 Å². The zero-order valence-corrected chi connectivity index (χ0v) is 9.84. The van der Waals surface area contributed by atoms with Crippen LogP contribution in [0.1, 0.15) is 20.3 Å². The van der Waals surface area contributed by atoms with Crippen LogP contribution in [-0.4, -0.2) is 49.1 Å². The predicted molar refractivity (Wildman–Crippen MR) is 54.4 cm³/mol. The fourth-order valence-corrected chi connectivity index (χ4v) is 1.21. The molecule has 0 heterocycles. The van der Waals surface area contributed by atoms with Crippen molar-refractivity contribution in [3.05, 3.63) is 0 Å². The number of alkyl halides is 3. The summed E-state index contributed by atoms with van der Waals surface area (Å²) >= 11 is 0. The molecule has 0 aromatic carbocycles.